The number of nitrogen functional groups attached to an aromatic ring is 1. The zero-order chi connectivity index (χ0) is 13.7. The Balaban J connectivity index is 1.43. The summed E-state index contributed by atoms with van der Waals surface area (Å²) >= 11 is 1.38. The number of carbonyl (C=O) groups excluding carboxylic acids is 1. The van der Waals surface area contributed by atoms with Crippen LogP contribution in [0.25, 0.3) is 0 Å². The molecule has 3 atom stereocenters. The fourth-order valence-electron chi connectivity index (χ4n) is 3.61. The zero-order valence-corrected chi connectivity index (χ0v) is 12.2. The molecule has 20 heavy (non-hydrogen) atoms. The van der Waals surface area contributed by atoms with Crippen molar-refractivity contribution in [2.75, 3.05) is 11.1 Å². The van der Waals surface area contributed by atoms with Crippen LogP contribution in [-0.2, 0) is 0 Å². The van der Waals surface area contributed by atoms with Crippen LogP contribution in [0.4, 0.5) is 10.9 Å². The highest BCUT2D eigenvalue weighted by molar-refractivity contribution is 7.18. The van der Waals surface area contributed by atoms with Crippen molar-refractivity contribution < 1.29 is 4.79 Å². The highest BCUT2D eigenvalue weighted by Crippen LogP contribution is 2.44. The summed E-state index contributed by atoms with van der Waals surface area (Å²) in [5.41, 5.74) is 5.89. The number of aromatic nitrogens is 1. The second-order valence-electron chi connectivity index (χ2n) is 6.41. The molecule has 6 heteroatoms. The number of anilines is 2. The van der Waals surface area contributed by atoms with E-state index in [1.54, 1.807) is 0 Å². The van der Waals surface area contributed by atoms with E-state index in [4.69, 9.17) is 5.73 Å². The van der Waals surface area contributed by atoms with Crippen molar-refractivity contribution in [2.45, 2.75) is 50.6 Å². The number of hydrogen-bond acceptors (Lipinski definition) is 5. The Morgan fingerprint density at radius 3 is 2.75 bits per heavy atom. The average Bonchev–Trinajstić information content (AvgIpc) is 2.84. The lowest BCUT2D eigenvalue weighted by Crippen LogP contribution is -2.38. The largest absolute Gasteiger partial charge is 0.382 e. The number of nitrogens with zero attached hydrogens (tertiary/aromatic N) is 1. The summed E-state index contributed by atoms with van der Waals surface area (Å²) in [6.07, 6.45) is 7.41. The molecule has 3 aliphatic rings. The van der Waals surface area contributed by atoms with Crippen LogP contribution in [-0.4, -0.2) is 23.0 Å². The number of rotatable bonds is 4. The number of thiazole rings is 1. The molecule has 3 saturated carbocycles. The number of amides is 1. The summed E-state index contributed by atoms with van der Waals surface area (Å²) in [5, 5.41) is 7.25. The second kappa shape index (κ2) is 4.62. The maximum absolute atomic E-state index is 12.4. The van der Waals surface area contributed by atoms with Gasteiger partial charge in [0.15, 0.2) is 5.13 Å². The van der Waals surface area contributed by atoms with Crippen molar-refractivity contribution in [1.29, 1.82) is 0 Å². The van der Waals surface area contributed by atoms with Crippen molar-refractivity contribution in [2.24, 2.45) is 11.8 Å². The van der Waals surface area contributed by atoms with Crippen molar-refractivity contribution in [3.8, 4) is 0 Å². The van der Waals surface area contributed by atoms with Crippen LogP contribution in [0.5, 0.6) is 0 Å². The molecule has 1 aromatic rings. The SMILES string of the molecule is Nc1nc(NC2CC2)sc1C(=O)NC1CC2CCC1C2. The Kier molecular flexibility index (Phi) is 2.87. The van der Waals surface area contributed by atoms with Gasteiger partial charge in [0.2, 0.25) is 0 Å². The van der Waals surface area contributed by atoms with Gasteiger partial charge in [-0.05, 0) is 43.9 Å². The van der Waals surface area contributed by atoms with Crippen LogP contribution in [0.3, 0.4) is 0 Å². The van der Waals surface area contributed by atoms with E-state index in [0.717, 1.165) is 17.5 Å². The van der Waals surface area contributed by atoms with Gasteiger partial charge in [-0.2, -0.15) is 0 Å². The number of fused-ring (bicyclic) bond motifs is 2. The Morgan fingerprint density at radius 1 is 1.25 bits per heavy atom. The minimum atomic E-state index is -0.0404. The highest BCUT2D eigenvalue weighted by Gasteiger charge is 2.40. The van der Waals surface area contributed by atoms with Gasteiger partial charge < -0.3 is 16.4 Å². The predicted molar refractivity (Wildman–Crippen MR) is 79.9 cm³/mol. The van der Waals surface area contributed by atoms with E-state index in [1.807, 2.05) is 0 Å². The molecule has 0 spiro atoms. The molecule has 4 N–H and O–H groups in total. The lowest BCUT2D eigenvalue weighted by atomic mass is 9.95. The van der Waals surface area contributed by atoms with Crippen LogP contribution in [0, 0.1) is 11.8 Å². The fraction of sp³-hybridized carbons (Fsp3) is 0.714. The third-order valence-electron chi connectivity index (χ3n) is 4.82. The molecule has 2 bridgehead atoms. The molecule has 0 aromatic carbocycles. The van der Waals surface area contributed by atoms with Gasteiger partial charge in [-0.25, -0.2) is 4.98 Å². The van der Waals surface area contributed by atoms with E-state index in [2.05, 4.69) is 15.6 Å². The number of nitrogens with one attached hydrogen (secondary N) is 2. The molecule has 108 valence electrons. The first kappa shape index (κ1) is 12.4. The van der Waals surface area contributed by atoms with Crippen LogP contribution in [0.15, 0.2) is 0 Å². The molecule has 4 rings (SSSR count). The van der Waals surface area contributed by atoms with Crippen LogP contribution in [0.2, 0.25) is 0 Å². The first-order valence-corrected chi connectivity index (χ1v) is 8.34. The van der Waals surface area contributed by atoms with Crippen molar-refractivity contribution >= 4 is 28.2 Å². The lowest BCUT2D eigenvalue weighted by molar-refractivity contribution is 0.0928. The van der Waals surface area contributed by atoms with Gasteiger partial charge in [0.25, 0.3) is 5.91 Å². The summed E-state index contributed by atoms with van der Waals surface area (Å²) in [5.74, 6) is 1.83. The number of carbonyl (C=O) groups is 1. The van der Waals surface area contributed by atoms with E-state index >= 15 is 0 Å². The van der Waals surface area contributed by atoms with Gasteiger partial charge >= 0.3 is 0 Å². The van der Waals surface area contributed by atoms with Crippen molar-refractivity contribution in [1.82, 2.24) is 10.3 Å². The molecule has 1 amide bonds. The molecule has 0 radical (unpaired) electrons. The molecule has 1 aromatic heterocycles. The molecular formula is C14H20N4OS. The Morgan fingerprint density at radius 2 is 2.10 bits per heavy atom. The van der Waals surface area contributed by atoms with Crippen molar-refractivity contribution in [3.05, 3.63) is 4.88 Å². The van der Waals surface area contributed by atoms with Crippen LogP contribution >= 0.6 is 11.3 Å². The van der Waals surface area contributed by atoms with Crippen LogP contribution < -0.4 is 16.4 Å². The summed E-state index contributed by atoms with van der Waals surface area (Å²) in [6, 6.07) is 0.879. The second-order valence-corrected chi connectivity index (χ2v) is 7.41. The van der Waals surface area contributed by atoms with E-state index < -0.39 is 0 Å². The number of hydrogen-bond donors (Lipinski definition) is 3. The van der Waals surface area contributed by atoms with E-state index in [0.29, 0.717) is 28.7 Å². The molecule has 5 nitrogen and oxygen atoms in total. The molecule has 1 heterocycles. The van der Waals surface area contributed by atoms with Gasteiger partial charge in [-0.3, -0.25) is 4.79 Å². The molecular weight excluding hydrogens is 272 g/mol. The smallest absolute Gasteiger partial charge is 0.265 e. The standard InChI is InChI=1S/C14H20N4OS/c15-12-11(20-14(18-12)16-9-3-4-9)13(19)17-10-6-7-1-2-8(10)5-7/h7-10H,1-6,15H2,(H,16,18)(H,17,19). The van der Waals surface area contributed by atoms with E-state index in [9.17, 15) is 4.79 Å². The first-order chi connectivity index (χ1) is 9.69. The lowest BCUT2D eigenvalue weighted by Gasteiger charge is -2.22. The predicted octanol–water partition coefficient (Wildman–Crippen LogP) is 2.22. The molecule has 3 fully saturated rings. The van der Waals surface area contributed by atoms with Gasteiger partial charge in [0, 0.05) is 12.1 Å². The molecule has 0 saturated heterocycles. The van der Waals surface area contributed by atoms with E-state index in [-0.39, 0.29) is 5.91 Å². The maximum Gasteiger partial charge on any atom is 0.265 e. The van der Waals surface area contributed by atoms with Crippen LogP contribution in [0.1, 0.15) is 48.2 Å². The quantitative estimate of drug-likeness (QED) is 0.795. The molecule has 3 aliphatic carbocycles. The summed E-state index contributed by atoms with van der Waals surface area (Å²) in [4.78, 5) is 17.2. The van der Waals surface area contributed by atoms with Gasteiger partial charge in [-0.15, -0.1) is 0 Å². The maximum atomic E-state index is 12.4. The Labute approximate surface area is 122 Å². The van der Waals surface area contributed by atoms with E-state index in [1.165, 1.54) is 43.4 Å². The third kappa shape index (κ3) is 2.26. The normalized spacial score (nSPS) is 31.5. The zero-order valence-electron chi connectivity index (χ0n) is 11.4. The highest BCUT2D eigenvalue weighted by atomic mass is 32.1. The van der Waals surface area contributed by atoms with Gasteiger partial charge in [-0.1, -0.05) is 17.8 Å². The third-order valence-corrected chi connectivity index (χ3v) is 5.82. The molecule has 0 aliphatic heterocycles. The van der Waals surface area contributed by atoms with Crippen molar-refractivity contribution in [3.63, 3.8) is 0 Å². The monoisotopic (exact) mass is 292 g/mol. The first-order valence-electron chi connectivity index (χ1n) is 7.52. The van der Waals surface area contributed by atoms with Gasteiger partial charge in [0.1, 0.15) is 10.7 Å². The fourth-order valence-corrected chi connectivity index (χ4v) is 4.48. The topological polar surface area (TPSA) is 80.0 Å². The Bertz CT molecular complexity index is 539. The Hall–Kier alpha value is -1.30. The average molecular weight is 292 g/mol. The summed E-state index contributed by atoms with van der Waals surface area (Å²) in [6.45, 7) is 0. The summed E-state index contributed by atoms with van der Waals surface area (Å²) in [7, 11) is 0. The van der Waals surface area contributed by atoms with Gasteiger partial charge in [0.05, 0.1) is 0 Å². The minimum Gasteiger partial charge on any atom is -0.382 e. The summed E-state index contributed by atoms with van der Waals surface area (Å²) < 4.78 is 0. The number of nitrogens with two attached hydrogens (primary N) is 1. The minimum absolute atomic E-state index is 0.0404. The molecule has 3 unspecified atom stereocenters.